The quantitative estimate of drug-likeness (QED) is 0.136. The van der Waals surface area contributed by atoms with E-state index < -0.39 is 0 Å². The van der Waals surface area contributed by atoms with Crippen molar-refractivity contribution in [3.63, 3.8) is 0 Å². The maximum absolute atomic E-state index is 2.46. The number of anilines is 6. The molecule has 0 amide bonds. The van der Waals surface area contributed by atoms with Crippen LogP contribution in [0.25, 0.3) is 77.2 Å². The molecule has 74 heavy (non-hydrogen) atoms. The van der Waals surface area contributed by atoms with Crippen molar-refractivity contribution in [3.8, 4) is 33.9 Å². The number of rotatable bonds is 10. The van der Waals surface area contributed by atoms with Crippen LogP contribution in [0.2, 0.25) is 0 Å². The van der Waals surface area contributed by atoms with Gasteiger partial charge in [-0.1, -0.05) is 144 Å². The number of hydrogen-bond donors (Lipinski definition) is 0. The summed E-state index contributed by atoms with van der Waals surface area (Å²) in [6.45, 7) is 8.56. The summed E-state index contributed by atoms with van der Waals surface area (Å²) in [5, 5.41) is 7.21. The zero-order valence-corrected chi connectivity index (χ0v) is 42.0. The van der Waals surface area contributed by atoms with Crippen molar-refractivity contribution in [2.24, 2.45) is 0 Å². The highest BCUT2D eigenvalue weighted by Crippen LogP contribution is 2.42. The standard InChI is InChI=1S/C70H54N4/c1-47-13-25-59(26-14-47)71(60-27-15-48(2)16-28-60)63-33-37-65(38-34-63)73-67(55-23-21-51-9-5-7-11-53(51)41-55)43-57-46-70-58(45-69(57)73)44-68(56-24-22-52-10-6-8-12-54(52)42-56)74(70)66-39-35-64(36-40-66)72(61-29-17-49(3)18-30-61)62-31-19-50(4)20-32-62/h5-46H,1-4H3. The Morgan fingerprint density at radius 2 is 0.527 bits per heavy atom. The third-order valence-electron chi connectivity index (χ3n) is 14.7. The second kappa shape index (κ2) is 18.3. The number of aryl methyl sites for hydroxylation is 4. The molecule has 2 heterocycles. The van der Waals surface area contributed by atoms with E-state index in [1.54, 1.807) is 0 Å². The van der Waals surface area contributed by atoms with Crippen LogP contribution in [0.4, 0.5) is 34.1 Å². The SMILES string of the molecule is Cc1ccc(N(c2ccc(C)cc2)c2ccc(-n3c(-c4ccc5ccccc5c4)cc4cc5c(cc(-c6ccc7ccccc7c6)n5-c5ccc(N(c6ccc(C)cc6)c6ccc(C)cc6)cc5)cc43)cc2)cc1. The summed E-state index contributed by atoms with van der Waals surface area (Å²) in [4.78, 5) is 4.69. The Bertz CT molecular complexity index is 3810. The Morgan fingerprint density at radius 1 is 0.243 bits per heavy atom. The first-order chi connectivity index (χ1) is 36.3. The Kier molecular flexibility index (Phi) is 11.0. The molecule has 0 unspecified atom stereocenters. The highest BCUT2D eigenvalue weighted by atomic mass is 15.1. The van der Waals surface area contributed by atoms with Crippen molar-refractivity contribution in [3.05, 3.63) is 277 Å². The van der Waals surface area contributed by atoms with Crippen LogP contribution in [0.3, 0.4) is 0 Å². The molecule has 0 aliphatic carbocycles. The fourth-order valence-electron chi connectivity index (χ4n) is 10.8. The van der Waals surface area contributed by atoms with Crippen molar-refractivity contribution in [1.82, 2.24) is 9.13 Å². The van der Waals surface area contributed by atoms with E-state index in [0.717, 1.165) is 89.8 Å². The van der Waals surface area contributed by atoms with Crippen molar-refractivity contribution >= 4 is 77.5 Å². The molecule has 0 bridgehead atoms. The van der Waals surface area contributed by atoms with Crippen LogP contribution in [-0.2, 0) is 0 Å². The van der Waals surface area contributed by atoms with Crippen molar-refractivity contribution in [2.45, 2.75) is 27.7 Å². The van der Waals surface area contributed by atoms with Crippen molar-refractivity contribution in [1.29, 1.82) is 0 Å². The molecule has 0 saturated heterocycles. The molecule has 354 valence electrons. The normalized spacial score (nSPS) is 11.5. The molecule has 11 aromatic carbocycles. The monoisotopic (exact) mass is 950 g/mol. The largest absolute Gasteiger partial charge is 0.311 e. The van der Waals surface area contributed by atoms with Crippen LogP contribution in [0.5, 0.6) is 0 Å². The summed E-state index contributed by atoms with van der Waals surface area (Å²) in [5.74, 6) is 0. The zero-order valence-electron chi connectivity index (χ0n) is 42.0. The molecule has 0 fully saturated rings. The second-order valence-corrected chi connectivity index (χ2v) is 19.9. The second-order valence-electron chi connectivity index (χ2n) is 19.9. The van der Waals surface area contributed by atoms with E-state index in [9.17, 15) is 0 Å². The van der Waals surface area contributed by atoms with Crippen LogP contribution in [0.15, 0.2) is 255 Å². The van der Waals surface area contributed by atoms with Crippen LogP contribution >= 0.6 is 0 Å². The molecular weight excluding hydrogens is 897 g/mol. The first-order valence-corrected chi connectivity index (χ1v) is 25.6. The summed E-state index contributed by atoms with van der Waals surface area (Å²) in [5.41, 5.74) is 20.7. The summed E-state index contributed by atoms with van der Waals surface area (Å²) in [6.07, 6.45) is 0. The Balaban J connectivity index is 0.996. The minimum atomic E-state index is 1.09. The van der Waals surface area contributed by atoms with Gasteiger partial charge in [0.2, 0.25) is 0 Å². The van der Waals surface area contributed by atoms with Gasteiger partial charge in [-0.25, -0.2) is 0 Å². The van der Waals surface area contributed by atoms with E-state index in [1.807, 2.05) is 0 Å². The van der Waals surface area contributed by atoms with Crippen LogP contribution in [0.1, 0.15) is 22.3 Å². The fraction of sp³-hybridized carbons (Fsp3) is 0.0571. The van der Waals surface area contributed by atoms with E-state index >= 15 is 0 Å². The Labute approximate surface area is 432 Å². The number of hydrogen-bond acceptors (Lipinski definition) is 2. The smallest absolute Gasteiger partial charge is 0.0542 e. The highest BCUT2D eigenvalue weighted by Gasteiger charge is 2.21. The molecule has 0 aliphatic heterocycles. The molecule has 4 nitrogen and oxygen atoms in total. The number of nitrogens with zero attached hydrogens (tertiary/aromatic N) is 4. The molecule has 0 aliphatic rings. The summed E-state index contributed by atoms with van der Waals surface area (Å²) < 4.78 is 4.91. The number of fused-ring (bicyclic) bond motifs is 4. The van der Waals surface area contributed by atoms with Gasteiger partial charge in [-0.05, 0) is 194 Å². The van der Waals surface area contributed by atoms with Gasteiger partial charge in [0.15, 0.2) is 0 Å². The van der Waals surface area contributed by atoms with E-state index in [0.29, 0.717) is 0 Å². The van der Waals surface area contributed by atoms with Gasteiger partial charge in [-0.2, -0.15) is 0 Å². The average Bonchev–Trinajstić information content (AvgIpc) is 4.02. The molecular formula is C70H54N4. The first kappa shape index (κ1) is 44.6. The lowest BCUT2D eigenvalue weighted by atomic mass is 10.0. The van der Waals surface area contributed by atoms with Gasteiger partial charge in [0.25, 0.3) is 0 Å². The lowest BCUT2D eigenvalue weighted by Crippen LogP contribution is -2.10. The van der Waals surface area contributed by atoms with Crippen LogP contribution in [0, 0.1) is 27.7 Å². The van der Waals surface area contributed by atoms with Crippen molar-refractivity contribution < 1.29 is 0 Å². The zero-order chi connectivity index (χ0) is 49.9. The van der Waals surface area contributed by atoms with Gasteiger partial charge >= 0.3 is 0 Å². The summed E-state index contributed by atoms with van der Waals surface area (Å²) >= 11 is 0. The lowest BCUT2D eigenvalue weighted by molar-refractivity contribution is 1.13. The highest BCUT2D eigenvalue weighted by molar-refractivity contribution is 6.03. The predicted octanol–water partition coefficient (Wildman–Crippen LogP) is 19.4. The van der Waals surface area contributed by atoms with Gasteiger partial charge in [-0.15, -0.1) is 0 Å². The summed E-state index contributed by atoms with van der Waals surface area (Å²) in [7, 11) is 0. The topological polar surface area (TPSA) is 16.3 Å². The molecule has 13 aromatic rings. The maximum Gasteiger partial charge on any atom is 0.0542 e. The van der Waals surface area contributed by atoms with E-state index in [2.05, 4.69) is 301 Å². The summed E-state index contributed by atoms with van der Waals surface area (Å²) in [6, 6.07) is 93.9. The third kappa shape index (κ3) is 8.17. The number of benzene rings is 11. The van der Waals surface area contributed by atoms with Crippen LogP contribution in [-0.4, -0.2) is 9.13 Å². The minimum Gasteiger partial charge on any atom is -0.311 e. The van der Waals surface area contributed by atoms with Crippen molar-refractivity contribution in [2.75, 3.05) is 9.80 Å². The van der Waals surface area contributed by atoms with Gasteiger partial charge in [0, 0.05) is 56.3 Å². The van der Waals surface area contributed by atoms with Gasteiger partial charge < -0.3 is 18.9 Å². The number of aromatic nitrogens is 2. The average molecular weight is 951 g/mol. The van der Waals surface area contributed by atoms with E-state index in [1.165, 1.54) is 43.8 Å². The molecule has 0 spiro atoms. The van der Waals surface area contributed by atoms with E-state index in [-0.39, 0.29) is 0 Å². The lowest BCUT2D eigenvalue weighted by Gasteiger charge is -2.26. The maximum atomic E-state index is 2.46. The van der Waals surface area contributed by atoms with E-state index in [4.69, 9.17) is 0 Å². The Morgan fingerprint density at radius 3 is 0.838 bits per heavy atom. The predicted molar refractivity (Wildman–Crippen MR) is 314 cm³/mol. The van der Waals surface area contributed by atoms with Gasteiger partial charge in [0.05, 0.1) is 22.4 Å². The molecule has 0 saturated carbocycles. The molecule has 2 aromatic heterocycles. The molecule has 0 N–H and O–H groups in total. The molecule has 13 rings (SSSR count). The molecule has 4 heteroatoms. The van der Waals surface area contributed by atoms with Gasteiger partial charge in [-0.3, -0.25) is 0 Å². The minimum absolute atomic E-state index is 1.09. The first-order valence-electron chi connectivity index (χ1n) is 25.6. The Hall–Kier alpha value is -9.38. The van der Waals surface area contributed by atoms with Gasteiger partial charge in [0.1, 0.15) is 0 Å². The molecule has 0 atom stereocenters. The fourth-order valence-corrected chi connectivity index (χ4v) is 10.8. The van der Waals surface area contributed by atoms with Crippen LogP contribution < -0.4 is 9.80 Å². The molecule has 0 radical (unpaired) electrons. The third-order valence-corrected chi connectivity index (χ3v) is 14.7.